The summed E-state index contributed by atoms with van der Waals surface area (Å²) in [4.78, 5) is 19.4. The summed E-state index contributed by atoms with van der Waals surface area (Å²) in [5.74, 6) is -0.952. The molecule has 0 aliphatic carbocycles. The molecule has 0 saturated heterocycles. The van der Waals surface area contributed by atoms with Crippen LogP contribution in [0.2, 0.25) is 0 Å². The number of alkyl halides is 3. The summed E-state index contributed by atoms with van der Waals surface area (Å²) in [7, 11) is 0. The van der Waals surface area contributed by atoms with E-state index in [2.05, 4.69) is 29.1 Å². The van der Waals surface area contributed by atoms with Crippen molar-refractivity contribution in [3.8, 4) is 0 Å². The average molecular weight is 371 g/mol. The van der Waals surface area contributed by atoms with Crippen LogP contribution in [0.3, 0.4) is 0 Å². The van der Waals surface area contributed by atoms with Crippen LogP contribution in [0.15, 0.2) is 29.3 Å². The number of carbonyl (C=O) groups excluding carboxylic acids is 1. The fourth-order valence-electron chi connectivity index (χ4n) is 2.11. The molecule has 25 heavy (non-hydrogen) atoms. The minimum Gasteiger partial charge on any atom is -0.355 e. The minimum absolute atomic E-state index is 0.157. The number of halogens is 3. The molecule has 1 unspecified atom stereocenters. The molecular formula is C17H20F3N3OS. The number of hydrogen-bond acceptors (Lipinski definition) is 4. The third kappa shape index (κ3) is 5.32. The van der Waals surface area contributed by atoms with Crippen LogP contribution in [0.25, 0.3) is 10.9 Å². The highest BCUT2D eigenvalue weighted by atomic mass is 32.2. The number of benzene rings is 1. The van der Waals surface area contributed by atoms with Gasteiger partial charge in [-0.2, -0.15) is 13.2 Å². The number of fused-ring (bicyclic) bond motifs is 1. The maximum atomic E-state index is 13.0. The number of hydrogen-bond donors (Lipinski definition) is 1. The van der Waals surface area contributed by atoms with Crippen molar-refractivity contribution in [2.75, 3.05) is 6.54 Å². The normalized spacial score (nSPS) is 13.2. The molecule has 1 aromatic heterocycles. The average Bonchev–Trinajstić information content (AvgIpc) is 2.53. The summed E-state index contributed by atoms with van der Waals surface area (Å²) in [6.07, 6.45) is -3.79. The molecule has 1 N–H and O–H groups in total. The second-order valence-electron chi connectivity index (χ2n) is 6.10. The van der Waals surface area contributed by atoms with Gasteiger partial charge in [0, 0.05) is 11.9 Å². The number of carbonyl (C=O) groups is 1. The number of rotatable bonds is 6. The molecule has 1 atom stereocenters. The minimum atomic E-state index is -4.64. The molecule has 4 nitrogen and oxygen atoms in total. The summed E-state index contributed by atoms with van der Waals surface area (Å²) in [5.41, 5.74) is 0.208. The number of amides is 1. The molecule has 0 bridgehead atoms. The van der Waals surface area contributed by atoms with E-state index >= 15 is 0 Å². The second kappa shape index (κ2) is 8.03. The molecule has 1 amide bonds. The Balaban J connectivity index is 2.23. The van der Waals surface area contributed by atoms with Crippen molar-refractivity contribution in [1.29, 1.82) is 0 Å². The molecule has 0 radical (unpaired) electrons. The molecule has 0 fully saturated rings. The Labute approximate surface area is 148 Å². The lowest BCUT2D eigenvalue weighted by atomic mass is 10.1. The summed E-state index contributed by atoms with van der Waals surface area (Å²) >= 11 is 1.01. The Bertz CT molecular complexity index is 749. The third-order valence-electron chi connectivity index (χ3n) is 3.50. The van der Waals surface area contributed by atoms with Gasteiger partial charge in [0.1, 0.15) is 5.03 Å². The van der Waals surface area contributed by atoms with Gasteiger partial charge in [-0.3, -0.25) is 4.79 Å². The van der Waals surface area contributed by atoms with Gasteiger partial charge in [-0.05, 0) is 25.3 Å². The molecule has 2 rings (SSSR count). The van der Waals surface area contributed by atoms with Crippen molar-refractivity contribution < 1.29 is 18.0 Å². The van der Waals surface area contributed by atoms with Gasteiger partial charge in [0.2, 0.25) is 11.7 Å². The van der Waals surface area contributed by atoms with Crippen LogP contribution >= 0.6 is 11.8 Å². The van der Waals surface area contributed by atoms with Gasteiger partial charge in [0.15, 0.2) is 0 Å². The van der Waals surface area contributed by atoms with Crippen LogP contribution in [0.4, 0.5) is 13.2 Å². The second-order valence-corrected chi connectivity index (χ2v) is 7.43. The molecular weight excluding hydrogens is 351 g/mol. The van der Waals surface area contributed by atoms with Crippen LogP contribution < -0.4 is 5.32 Å². The summed E-state index contributed by atoms with van der Waals surface area (Å²) < 4.78 is 39.1. The molecule has 2 aromatic rings. The van der Waals surface area contributed by atoms with E-state index in [-0.39, 0.29) is 16.4 Å². The molecule has 136 valence electrons. The van der Waals surface area contributed by atoms with E-state index in [9.17, 15) is 18.0 Å². The van der Waals surface area contributed by atoms with E-state index in [1.807, 2.05) is 0 Å². The first-order valence-electron chi connectivity index (χ1n) is 7.97. The molecule has 0 saturated carbocycles. The molecule has 0 aliphatic heterocycles. The predicted octanol–water partition coefficient (Wildman–Crippen LogP) is 4.29. The standard InChI is InChI=1S/C17H20F3N3OS/c1-10(2)8-9-21-14(24)11(3)25-15-12-6-4-5-7-13(12)22-16(23-15)17(18,19)20/h4-7,10-11H,8-9H2,1-3H3,(H,21,24). The van der Waals surface area contributed by atoms with Crippen molar-refractivity contribution >= 4 is 28.6 Å². The topological polar surface area (TPSA) is 54.9 Å². The van der Waals surface area contributed by atoms with Crippen molar-refractivity contribution in [2.45, 2.75) is 43.6 Å². The molecule has 0 aliphatic rings. The Morgan fingerprint density at radius 3 is 2.52 bits per heavy atom. The quantitative estimate of drug-likeness (QED) is 0.608. The van der Waals surface area contributed by atoms with Crippen LogP contribution in [0.1, 0.15) is 33.0 Å². The van der Waals surface area contributed by atoms with Gasteiger partial charge < -0.3 is 5.32 Å². The van der Waals surface area contributed by atoms with Crippen molar-refractivity contribution in [3.63, 3.8) is 0 Å². The fraction of sp³-hybridized carbons (Fsp3) is 0.471. The van der Waals surface area contributed by atoms with Gasteiger partial charge >= 0.3 is 6.18 Å². The summed E-state index contributed by atoms with van der Waals surface area (Å²) in [6, 6.07) is 6.48. The van der Waals surface area contributed by atoms with Gasteiger partial charge in [0.05, 0.1) is 10.8 Å². The van der Waals surface area contributed by atoms with Crippen LogP contribution in [-0.4, -0.2) is 27.7 Å². The third-order valence-corrected chi connectivity index (χ3v) is 4.60. The van der Waals surface area contributed by atoms with E-state index < -0.39 is 17.3 Å². The molecule has 8 heteroatoms. The van der Waals surface area contributed by atoms with E-state index in [1.165, 1.54) is 6.07 Å². The van der Waals surface area contributed by atoms with Gasteiger partial charge in [0.25, 0.3) is 0 Å². The Morgan fingerprint density at radius 1 is 1.20 bits per heavy atom. The van der Waals surface area contributed by atoms with E-state index in [0.717, 1.165) is 18.2 Å². The first-order valence-corrected chi connectivity index (χ1v) is 8.84. The molecule has 0 spiro atoms. The zero-order valence-electron chi connectivity index (χ0n) is 14.2. The van der Waals surface area contributed by atoms with Gasteiger partial charge in [-0.1, -0.05) is 43.8 Å². The van der Waals surface area contributed by atoms with E-state index in [1.54, 1.807) is 25.1 Å². The maximum absolute atomic E-state index is 13.0. The molecule has 1 heterocycles. The van der Waals surface area contributed by atoms with E-state index in [4.69, 9.17) is 0 Å². The maximum Gasteiger partial charge on any atom is 0.451 e. The Kier molecular flexibility index (Phi) is 6.26. The predicted molar refractivity (Wildman–Crippen MR) is 92.3 cm³/mol. The summed E-state index contributed by atoms with van der Waals surface area (Å²) in [6.45, 7) is 6.30. The SMILES string of the molecule is CC(C)CCNC(=O)C(C)Sc1nc(C(F)(F)F)nc2ccccc12. The highest BCUT2D eigenvalue weighted by Crippen LogP contribution is 2.33. The highest BCUT2D eigenvalue weighted by molar-refractivity contribution is 8.00. The van der Waals surface area contributed by atoms with Crippen LogP contribution in [-0.2, 0) is 11.0 Å². The zero-order chi connectivity index (χ0) is 18.6. The lowest BCUT2D eigenvalue weighted by Crippen LogP contribution is -2.32. The van der Waals surface area contributed by atoms with Crippen LogP contribution in [0.5, 0.6) is 0 Å². The van der Waals surface area contributed by atoms with Crippen LogP contribution in [0, 0.1) is 5.92 Å². The van der Waals surface area contributed by atoms with Gasteiger partial charge in [-0.15, -0.1) is 0 Å². The Hall–Kier alpha value is -1.83. The Morgan fingerprint density at radius 2 is 1.88 bits per heavy atom. The number of aromatic nitrogens is 2. The monoisotopic (exact) mass is 371 g/mol. The van der Waals surface area contributed by atoms with Crippen molar-refractivity contribution in [1.82, 2.24) is 15.3 Å². The lowest BCUT2D eigenvalue weighted by molar-refractivity contribution is -0.145. The first kappa shape index (κ1) is 19.5. The van der Waals surface area contributed by atoms with Crippen molar-refractivity contribution in [2.24, 2.45) is 5.92 Å². The summed E-state index contributed by atoms with van der Waals surface area (Å²) in [5, 5.41) is 2.90. The number of nitrogens with zero attached hydrogens (tertiary/aromatic N) is 2. The number of para-hydroxylation sites is 1. The largest absolute Gasteiger partial charge is 0.451 e. The fourth-order valence-corrected chi connectivity index (χ4v) is 3.08. The lowest BCUT2D eigenvalue weighted by Gasteiger charge is -2.15. The number of nitrogens with one attached hydrogen (secondary N) is 1. The smallest absolute Gasteiger partial charge is 0.355 e. The van der Waals surface area contributed by atoms with E-state index in [0.29, 0.717) is 17.8 Å². The number of thioether (sulfide) groups is 1. The first-order chi connectivity index (χ1) is 11.7. The molecule has 1 aromatic carbocycles. The van der Waals surface area contributed by atoms with Gasteiger partial charge in [-0.25, -0.2) is 9.97 Å². The van der Waals surface area contributed by atoms with Crippen molar-refractivity contribution in [3.05, 3.63) is 30.1 Å². The zero-order valence-corrected chi connectivity index (χ0v) is 15.0. The highest BCUT2D eigenvalue weighted by Gasteiger charge is 2.35.